The number of likely N-dealkylation sites (tertiary alicyclic amines) is 1. The predicted molar refractivity (Wildman–Crippen MR) is 103 cm³/mol. The maximum atomic E-state index is 13.0. The van der Waals surface area contributed by atoms with E-state index in [2.05, 4.69) is 16.4 Å². The Morgan fingerprint density at radius 3 is 2.46 bits per heavy atom. The van der Waals surface area contributed by atoms with Gasteiger partial charge in [0.2, 0.25) is 0 Å². The standard InChI is InChI=1S/C22H21N3O/c26-22(17-9-3-1-4-10-17)25-16-8-14-20(25)19-13-7-15-23-21(19)24-18-11-5-2-6-12-18/h1-7,9-13,15,20H,8,14,16H2,(H,23,24)/t20-/m1/s1. The highest BCUT2D eigenvalue weighted by Crippen LogP contribution is 2.36. The van der Waals surface area contributed by atoms with E-state index in [4.69, 9.17) is 0 Å². The third-order valence-electron chi connectivity index (χ3n) is 4.77. The summed E-state index contributed by atoms with van der Waals surface area (Å²) in [5.74, 6) is 0.902. The fraction of sp³-hybridized carbons (Fsp3) is 0.182. The van der Waals surface area contributed by atoms with Crippen molar-refractivity contribution in [2.45, 2.75) is 18.9 Å². The molecule has 0 bridgehead atoms. The van der Waals surface area contributed by atoms with Gasteiger partial charge in [-0.15, -0.1) is 0 Å². The van der Waals surface area contributed by atoms with Crippen molar-refractivity contribution in [2.24, 2.45) is 0 Å². The molecule has 1 atom stereocenters. The quantitative estimate of drug-likeness (QED) is 0.740. The van der Waals surface area contributed by atoms with E-state index in [0.29, 0.717) is 0 Å². The molecule has 1 aromatic heterocycles. The van der Waals surface area contributed by atoms with Gasteiger partial charge in [-0.05, 0) is 43.2 Å². The molecule has 4 rings (SSSR count). The zero-order chi connectivity index (χ0) is 17.8. The van der Waals surface area contributed by atoms with E-state index in [1.807, 2.05) is 71.6 Å². The van der Waals surface area contributed by atoms with Gasteiger partial charge in [-0.3, -0.25) is 4.79 Å². The van der Waals surface area contributed by atoms with E-state index in [0.717, 1.165) is 42.0 Å². The third-order valence-corrected chi connectivity index (χ3v) is 4.77. The lowest BCUT2D eigenvalue weighted by molar-refractivity contribution is 0.0736. The second-order valence-corrected chi connectivity index (χ2v) is 6.45. The zero-order valence-electron chi connectivity index (χ0n) is 14.5. The Morgan fingerprint density at radius 1 is 0.962 bits per heavy atom. The Labute approximate surface area is 153 Å². The minimum Gasteiger partial charge on any atom is -0.340 e. The lowest BCUT2D eigenvalue weighted by atomic mass is 10.0. The fourth-order valence-corrected chi connectivity index (χ4v) is 3.53. The van der Waals surface area contributed by atoms with Crippen molar-refractivity contribution >= 4 is 17.4 Å². The Kier molecular flexibility index (Phi) is 4.65. The number of pyridine rings is 1. The molecule has 130 valence electrons. The SMILES string of the molecule is O=C(c1ccccc1)N1CCC[C@@H]1c1cccnc1Nc1ccccc1. The summed E-state index contributed by atoms with van der Waals surface area (Å²) in [4.78, 5) is 19.5. The van der Waals surface area contributed by atoms with Crippen LogP contribution in [0.15, 0.2) is 79.0 Å². The Bertz CT molecular complexity index is 880. The highest BCUT2D eigenvalue weighted by Gasteiger charge is 2.32. The molecule has 0 saturated carbocycles. The van der Waals surface area contributed by atoms with Crippen LogP contribution in [0.25, 0.3) is 0 Å². The van der Waals surface area contributed by atoms with Gasteiger partial charge in [0.15, 0.2) is 0 Å². The number of benzene rings is 2. The summed E-state index contributed by atoms with van der Waals surface area (Å²) in [7, 11) is 0. The molecule has 3 aromatic rings. The molecule has 0 aliphatic carbocycles. The van der Waals surface area contributed by atoms with Crippen molar-refractivity contribution in [3.63, 3.8) is 0 Å². The number of rotatable bonds is 4. The number of para-hydroxylation sites is 1. The molecule has 1 N–H and O–H groups in total. The highest BCUT2D eigenvalue weighted by atomic mass is 16.2. The van der Waals surface area contributed by atoms with Crippen molar-refractivity contribution in [2.75, 3.05) is 11.9 Å². The summed E-state index contributed by atoms with van der Waals surface area (Å²) in [6, 6.07) is 23.6. The van der Waals surface area contributed by atoms with Crippen LogP contribution in [-0.2, 0) is 0 Å². The molecule has 4 heteroatoms. The van der Waals surface area contributed by atoms with Gasteiger partial charge in [0.05, 0.1) is 6.04 Å². The number of anilines is 2. The normalized spacial score (nSPS) is 16.5. The largest absolute Gasteiger partial charge is 0.340 e. The monoisotopic (exact) mass is 343 g/mol. The Hall–Kier alpha value is -3.14. The van der Waals surface area contributed by atoms with Gasteiger partial charge in [0.1, 0.15) is 5.82 Å². The first-order valence-corrected chi connectivity index (χ1v) is 8.96. The number of carbonyl (C=O) groups is 1. The molecule has 2 aromatic carbocycles. The number of nitrogens with zero attached hydrogens (tertiary/aromatic N) is 2. The zero-order valence-corrected chi connectivity index (χ0v) is 14.5. The van der Waals surface area contributed by atoms with Gasteiger partial charge in [0, 0.05) is 29.6 Å². The van der Waals surface area contributed by atoms with Crippen molar-refractivity contribution in [1.82, 2.24) is 9.88 Å². The molecule has 26 heavy (non-hydrogen) atoms. The van der Waals surface area contributed by atoms with E-state index in [1.165, 1.54) is 0 Å². The summed E-state index contributed by atoms with van der Waals surface area (Å²) < 4.78 is 0. The van der Waals surface area contributed by atoms with Crippen LogP contribution in [0, 0.1) is 0 Å². The smallest absolute Gasteiger partial charge is 0.254 e. The predicted octanol–water partition coefficient (Wildman–Crippen LogP) is 4.80. The number of nitrogens with one attached hydrogen (secondary N) is 1. The van der Waals surface area contributed by atoms with Crippen LogP contribution in [0.2, 0.25) is 0 Å². The molecule has 0 radical (unpaired) electrons. The van der Waals surface area contributed by atoms with E-state index >= 15 is 0 Å². The van der Waals surface area contributed by atoms with Crippen molar-refractivity contribution in [3.8, 4) is 0 Å². The first-order chi connectivity index (χ1) is 12.8. The lowest BCUT2D eigenvalue weighted by Crippen LogP contribution is -2.31. The van der Waals surface area contributed by atoms with Crippen LogP contribution in [0.4, 0.5) is 11.5 Å². The minimum atomic E-state index is 0.0441. The molecule has 1 saturated heterocycles. The summed E-state index contributed by atoms with van der Waals surface area (Å²) in [5.41, 5.74) is 2.80. The van der Waals surface area contributed by atoms with Crippen molar-refractivity contribution < 1.29 is 4.79 Å². The summed E-state index contributed by atoms with van der Waals surface area (Å²) >= 11 is 0. The molecule has 1 amide bonds. The average Bonchev–Trinajstić information content (AvgIpc) is 3.19. The van der Waals surface area contributed by atoms with Gasteiger partial charge in [-0.1, -0.05) is 42.5 Å². The number of hydrogen-bond donors (Lipinski definition) is 1. The lowest BCUT2D eigenvalue weighted by Gasteiger charge is -2.26. The van der Waals surface area contributed by atoms with Crippen LogP contribution in [0.5, 0.6) is 0 Å². The van der Waals surface area contributed by atoms with E-state index in [1.54, 1.807) is 6.20 Å². The third kappa shape index (κ3) is 3.31. The number of carbonyl (C=O) groups excluding carboxylic acids is 1. The Balaban J connectivity index is 1.63. The van der Waals surface area contributed by atoms with Crippen molar-refractivity contribution in [3.05, 3.63) is 90.1 Å². The summed E-state index contributed by atoms with van der Waals surface area (Å²) in [5, 5.41) is 3.40. The molecule has 1 aliphatic rings. The molecule has 0 spiro atoms. The number of aromatic nitrogens is 1. The highest BCUT2D eigenvalue weighted by molar-refractivity contribution is 5.94. The molecule has 1 fully saturated rings. The van der Waals surface area contributed by atoms with Crippen molar-refractivity contribution in [1.29, 1.82) is 0 Å². The van der Waals surface area contributed by atoms with Gasteiger partial charge in [-0.2, -0.15) is 0 Å². The van der Waals surface area contributed by atoms with Crippen LogP contribution < -0.4 is 5.32 Å². The van der Waals surface area contributed by atoms with Crippen LogP contribution in [0.3, 0.4) is 0 Å². The number of hydrogen-bond acceptors (Lipinski definition) is 3. The minimum absolute atomic E-state index is 0.0441. The number of amides is 1. The first kappa shape index (κ1) is 16.3. The maximum absolute atomic E-state index is 13.0. The average molecular weight is 343 g/mol. The molecule has 1 aliphatic heterocycles. The van der Waals surface area contributed by atoms with Crippen LogP contribution in [0.1, 0.15) is 34.8 Å². The van der Waals surface area contributed by atoms with Crippen LogP contribution >= 0.6 is 0 Å². The van der Waals surface area contributed by atoms with Gasteiger partial charge in [0.25, 0.3) is 5.91 Å². The van der Waals surface area contributed by atoms with E-state index < -0.39 is 0 Å². The molecular formula is C22H21N3O. The summed E-state index contributed by atoms with van der Waals surface area (Å²) in [6.07, 6.45) is 3.74. The topological polar surface area (TPSA) is 45.2 Å². The van der Waals surface area contributed by atoms with E-state index in [-0.39, 0.29) is 11.9 Å². The molecule has 0 unspecified atom stereocenters. The van der Waals surface area contributed by atoms with Gasteiger partial charge < -0.3 is 10.2 Å². The van der Waals surface area contributed by atoms with Gasteiger partial charge in [-0.25, -0.2) is 4.98 Å². The molecule has 2 heterocycles. The second kappa shape index (κ2) is 7.40. The van der Waals surface area contributed by atoms with Crippen LogP contribution in [-0.4, -0.2) is 22.3 Å². The summed E-state index contributed by atoms with van der Waals surface area (Å²) in [6.45, 7) is 0.776. The first-order valence-electron chi connectivity index (χ1n) is 8.96. The van der Waals surface area contributed by atoms with E-state index in [9.17, 15) is 4.79 Å². The van der Waals surface area contributed by atoms with Gasteiger partial charge >= 0.3 is 0 Å². The molecular weight excluding hydrogens is 322 g/mol. The Morgan fingerprint density at radius 2 is 1.69 bits per heavy atom. The fourth-order valence-electron chi connectivity index (χ4n) is 3.53. The maximum Gasteiger partial charge on any atom is 0.254 e. The molecule has 4 nitrogen and oxygen atoms in total. The second-order valence-electron chi connectivity index (χ2n) is 6.45.